The Labute approximate surface area is 171 Å². The SMILES string of the molecule is CCCCN1C(=O)C2C(=NC(n3nc(C)c(C)c3C)=[N+]2CCOCC)N(C)C1=O. The van der Waals surface area contributed by atoms with E-state index in [0.29, 0.717) is 38.1 Å². The summed E-state index contributed by atoms with van der Waals surface area (Å²) in [7, 11) is 1.68. The number of amidine groups is 1. The fraction of sp³-hybridized carbons (Fsp3) is 0.650. The number of aliphatic imine (C=N–C) groups is 1. The number of ether oxygens (including phenoxy) is 1. The van der Waals surface area contributed by atoms with Crippen LogP contribution < -0.4 is 0 Å². The minimum absolute atomic E-state index is 0.231. The number of fused-ring (bicyclic) bond motifs is 1. The molecule has 1 aromatic heterocycles. The van der Waals surface area contributed by atoms with E-state index in [4.69, 9.17) is 9.73 Å². The third kappa shape index (κ3) is 3.59. The number of hydrogen-bond donors (Lipinski definition) is 0. The largest absolute Gasteiger partial charge is 0.421 e. The number of hydrogen-bond acceptors (Lipinski definition) is 5. The molecule has 0 N–H and O–H groups in total. The zero-order valence-electron chi connectivity index (χ0n) is 18.2. The van der Waals surface area contributed by atoms with Crippen molar-refractivity contribution < 1.29 is 18.9 Å². The van der Waals surface area contributed by atoms with Crippen LogP contribution in [-0.2, 0) is 9.53 Å². The Kier molecular flexibility index (Phi) is 6.16. The van der Waals surface area contributed by atoms with Crippen LogP contribution in [0.5, 0.6) is 0 Å². The van der Waals surface area contributed by atoms with Crippen LogP contribution >= 0.6 is 0 Å². The number of urea groups is 1. The van der Waals surface area contributed by atoms with Crippen LogP contribution in [0, 0.1) is 20.8 Å². The average molecular weight is 404 g/mol. The number of rotatable bonds is 7. The molecule has 0 aromatic carbocycles. The zero-order chi connectivity index (χ0) is 21.3. The number of likely N-dealkylation sites (N-methyl/N-ethyl adjacent to an activating group) is 1. The van der Waals surface area contributed by atoms with Gasteiger partial charge < -0.3 is 4.74 Å². The van der Waals surface area contributed by atoms with Gasteiger partial charge in [0.05, 0.1) is 18.8 Å². The highest BCUT2D eigenvalue weighted by Crippen LogP contribution is 2.22. The molecule has 1 saturated heterocycles. The summed E-state index contributed by atoms with van der Waals surface area (Å²) in [6.45, 7) is 11.9. The Morgan fingerprint density at radius 3 is 2.48 bits per heavy atom. The number of nitrogens with zero attached hydrogens (tertiary/aromatic N) is 6. The van der Waals surface area contributed by atoms with Crippen LogP contribution in [-0.4, -0.2) is 87.3 Å². The van der Waals surface area contributed by atoms with Gasteiger partial charge in [-0.2, -0.15) is 0 Å². The Bertz CT molecular complexity index is 885. The van der Waals surface area contributed by atoms with Crippen molar-refractivity contribution in [2.75, 3.05) is 33.4 Å². The molecule has 0 bridgehead atoms. The molecule has 3 amide bonds. The van der Waals surface area contributed by atoms with Crippen molar-refractivity contribution in [3.63, 3.8) is 0 Å². The smallest absolute Gasteiger partial charge is 0.378 e. The maximum Gasteiger partial charge on any atom is 0.421 e. The first-order chi connectivity index (χ1) is 13.8. The lowest BCUT2D eigenvalue weighted by molar-refractivity contribution is -0.540. The molecule has 0 spiro atoms. The van der Waals surface area contributed by atoms with Gasteiger partial charge in [0.1, 0.15) is 5.69 Å². The molecule has 1 unspecified atom stereocenters. The lowest BCUT2D eigenvalue weighted by atomic mass is 10.1. The first-order valence-electron chi connectivity index (χ1n) is 10.3. The van der Waals surface area contributed by atoms with Gasteiger partial charge in [0.25, 0.3) is 5.91 Å². The predicted molar refractivity (Wildman–Crippen MR) is 109 cm³/mol. The van der Waals surface area contributed by atoms with Crippen molar-refractivity contribution in [1.82, 2.24) is 19.6 Å². The van der Waals surface area contributed by atoms with E-state index < -0.39 is 6.04 Å². The molecule has 9 heteroatoms. The molecule has 1 aromatic rings. The van der Waals surface area contributed by atoms with Gasteiger partial charge in [-0.25, -0.2) is 9.37 Å². The van der Waals surface area contributed by atoms with Crippen LogP contribution in [0.4, 0.5) is 4.79 Å². The molecule has 0 saturated carbocycles. The highest BCUT2D eigenvalue weighted by Gasteiger charge is 2.53. The van der Waals surface area contributed by atoms with Crippen molar-refractivity contribution in [1.29, 1.82) is 0 Å². The fourth-order valence-electron chi connectivity index (χ4n) is 3.65. The van der Waals surface area contributed by atoms with E-state index in [1.54, 1.807) is 11.7 Å². The molecule has 9 nitrogen and oxygen atoms in total. The number of amides is 3. The molecule has 158 valence electrons. The van der Waals surface area contributed by atoms with Crippen molar-refractivity contribution in [3.05, 3.63) is 17.0 Å². The van der Waals surface area contributed by atoms with E-state index >= 15 is 0 Å². The van der Waals surface area contributed by atoms with Gasteiger partial charge >= 0.3 is 12.0 Å². The lowest BCUT2D eigenvalue weighted by Crippen LogP contribution is -2.63. The van der Waals surface area contributed by atoms with Crippen molar-refractivity contribution in [2.24, 2.45) is 4.99 Å². The fourth-order valence-corrected chi connectivity index (χ4v) is 3.65. The molecule has 29 heavy (non-hydrogen) atoms. The molecule has 0 radical (unpaired) electrons. The van der Waals surface area contributed by atoms with E-state index in [-0.39, 0.29) is 11.9 Å². The maximum atomic E-state index is 13.3. The van der Waals surface area contributed by atoms with E-state index in [1.807, 2.05) is 39.2 Å². The van der Waals surface area contributed by atoms with Crippen molar-refractivity contribution >= 4 is 23.7 Å². The monoisotopic (exact) mass is 403 g/mol. The topological polar surface area (TPSA) is 83.0 Å². The summed E-state index contributed by atoms with van der Waals surface area (Å²) in [5.41, 5.74) is 2.96. The van der Waals surface area contributed by atoms with Crippen LogP contribution in [0.1, 0.15) is 43.6 Å². The summed E-state index contributed by atoms with van der Waals surface area (Å²) in [6, 6.07) is -0.969. The normalized spacial score (nSPS) is 19.4. The third-order valence-electron chi connectivity index (χ3n) is 5.65. The summed E-state index contributed by atoms with van der Waals surface area (Å²) in [6.07, 6.45) is 1.68. The predicted octanol–water partition coefficient (Wildman–Crippen LogP) is 1.54. The van der Waals surface area contributed by atoms with Crippen LogP contribution in [0.25, 0.3) is 0 Å². The van der Waals surface area contributed by atoms with Gasteiger partial charge in [-0.05, 0) is 34.1 Å². The van der Waals surface area contributed by atoms with Crippen LogP contribution in [0.15, 0.2) is 4.99 Å². The number of carbonyl (C=O) groups excluding carboxylic acids is 2. The zero-order valence-corrected chi connectivity index (χ0v) is 18.2. The summed E-state index contributed by atoms with van der Waals surface area (Å²) in [5.74, 6) is 0.776. The molecule has 1 atom stereocenters. The van der Waals surface area contributed by atoms with Crippen LogP contribution in [0.2, 0.25) is 0 Å². The highest BCUT2D eigenvalue weighted by molar-refractivity contribution is 6.23. The Balaban J connectivity index is 2.08. The second kappa shape index (κ2) is 8.44. The second-order valence-electron chi connectivity index (χ2n) is 7.46. The molecule has 2 aliphatic heterocycles. The quantitative estimate of drug-likeness (QED) is 0.511. The van der Waals surface area contributed by atoms with Gasteiger partial charge in [-0.15, -0.1) is 9.78 Å². The highest BCUT2D eigenvalue weighted by atomic mass is 16.5. The van der Waals surface area contributed by atoms with Gasteiger partial charge in [-0.1, -0.05) is 18.3 Å². The third-order valence-corrected chi connectivity index (χ3v) is 5.65. The Morgan fingerprint density at radius 1 is 1.17 bits per heavy atom. The molecule has 2 aliphatic rings. The Hall–Kier alpha value is -2.55. The van der Waals surface area contributed by atoms with Crippen molar-refractivity contribution in [3.8, 4) is 0 Å². The Morgan fingerprint density at radius 2 is 1.90 bits per heavy atom. The van der Waals surface area contributed by atoms with Crippen LogP contribution in [0.3, 0.4) is 0 Å². The van der Waals surface area contributed by atoms with E-state index in [1.165, 1.54) is 9.80 Å². The number of imide groups is 1. The maximum absolute atomic E-state index is 13.3. The van der Waals surface area contributed by atoms with Gasteiger partial charge in [0, 0.05) is 25.8 Å². The second-order valence-corrected chi connectivity index (χ2v) is 7.46. The van der Waals surface area contributed by atoms with E-state index in [9.17, 15) is 9.59 Å². The molecule has 3 heterocycles. The average Bonchev–Trinajstić information content (AvgIpc) is 3.19. The van der Waals surface area contributed by atoms with E-state index in [2.05, 4.69) is 5.10 Å². The van der Waals surface area contributed by atoms with Gasteiger partial charge in [-0.3, -0.25) is 14.6 Å². The molecular formula is C20H31N6O3+. The van der Waals surface area contributed by atoms with E-state index in [0.717, 1.165) is 29.8 Å². The summed E-state index contributed by atoms with van der Waals surface area (Å²) >= 11 is 0. The standard InChI is InChI=1S/C20H31N6O3/c1-7-9-10-25-18(27)16-17(23(6)20(25)28)21-19(24(16)11-12-29-8-2)26-15(5)13(3)14(4)22-26/h16H,7-12H2,1-6H3/q+1. The van der Waals surface area contributed by atoms with Gasteiger partial charge in [0.15, 0.2) is 0 Å². The molecular weight excluding hydrogens is 372 g/mol. The first kappa shape index (κ1) is 21.2. The first-order valence-corrected chi connectivity index (χ1v) is 10.3. The molecule has 3 rings (SSSR count). The van der Waals surface area contributed by atoms with Gasteiger partial charge in [0.2, 0.25) is 11.9 Å². The minimum Gasteiger partial charge on any atom is -0.378 e. The summed E-state index contributed by atoms with van der Waals surface area (Å²) in [5, 5.41) is 4.63. The summed E-state index contributed by atoms with van der Waals surface area (Å²) in [4.78, 5) is 33.7. The van der Waals surface area contributed by atoms with Crippen molar-refractivity contribution in [2.45, 2.75) is 53.5 Å². The summed E-state index contributed by atoms with van der Waals surface area (Å²) < 4.78 is 9.23. The number of carbonyl (C=O) groups is 2. The minimum atomic E-state index is -0.644. The molecule has 0 aliphatic carbocycles. The number of unbranched alkanes of at least 4 members (excludes halogenated alkanes) is 1. The number of aromatic nitrogens is 2. The number of aryl methyl sites for hydroxylation is 1. The molecule has 1 fully saturated rings. The lowest BCUT2D eigenvalue weighted by Gasteiger charge is -2.34.